The zero-order valence-electron chi connectivity index (χ0n) is 14.4. The van der Waals surface area contributed by atoms with E-state index < -0.39 is 5.60 Å². The lowest BCUT2D eigenvalue weighted by Gasteiger charge is -2.24. The van der Waals surface area contributed by atoms with Gasteiger partial charge in [0.2, 0.25) is 0 Å². The van der Waals surface area contributed by atoms with Crippen LogP contribution >= 0.6 is 0 Å². The van der Waals surface area contributed by atoms with Crippen molar-refractivity contribution in [1.29, 1.82) is 0 Å². The van der Waals surface area contributed by atoms with Crippen LogP contribution in [0.25, 0.3) is 16.3 Å². The number of nitrogens with zero attached hydrogens (tertiary/aromatic N) is 1. The minimum atomic E-state index is -0.874. The monoisotopic (exact) mass is 307 g/mol. The largest absolute Gasteiger partial charge is 0.386 e. The molecule has 1 N–H and O–H groups in total. The van der Waals surface area contributed by atoms with Crippen LogP contribution in [0.4, 0.5) is 0 Å². The number of likely N-dealkylation sites (N-methyl/N-ethyl adjacent to an activating group) is 1. The fraction of sp³-hybridized carbons (Fsp3) is 0.333. The van der Waals surface area contributed by atoms with Gasteiger partial charge in [-0.1, -0.05) is 48.6 Å². The average molecular weight is 307 g/mol. The molecule has 0 saturated heterocycles. The van der Waals surface area contributed by atoms with Crippen LogP contribution in [-0.4, -0.2) is 30.6 Å². The highest BCUT2D eigenvalue weighted by Crippen LogP contribution is 2.38. The second-order valence-electron chi connectivity index (χ2n) is 7.16. The van der Waals surface area contributed by atoms with Crippen molar-refractivity contribution in [3.05, 3.63) is 65.3 Å². The summed E-state index contributed by atoms with van der Waals surface area (Å²) in [7, 11) is 4.18. The molecule has 2 aromatic rings. The number of fused-ring (bicyclic) bond motifs is 1. The first-order valence-electron chi connectivity index (χ1n) is 8.15. The number of hydrogen-bond donors (Lipinski definition) is 1. The molecule has 23 heavy (non-hydrogen) atoms. The number of allylic oxidation sites excluding steroid dienone is 2. The summed E-state index contributed by atoms with van der Waals surface area (Å²) in [5.41, 5.74) is 3.97. The fourth-order valence-electron chi connectivity index (χ4n) is 3.44. The van der Waals surface area contributed by atoms with Gasteiger partial charge >= 0.3 is 0 Å². The minimum Gasteiger partial charge on any atom is -0.386 e. The molecule has 2 heteroatoms. The van der Waals surface area contributed by atoms with Crippen LogP contribution in [0.3, 0.4) is 0 Å². The maximum atomic E-state index is 10.8. The van der Waals surface area contributed by atoms with Crippen molar-refractivity contribution >= 4 is 16.3 Å². The van der Waals surface area contributed by atoms with Crippen LogP contribution in [0.1, 0.15) is 31.4 Å². The van der Waals surface area contributed by atoms with Crippen LogP contribution in [-0.2, 0) is 5.60 Å². The average Bonchev–Trinajstić information content (AvgIpc) is 2.92. The Morgan fingerprint density at radius 1 is 1.09 bits per heavy atom. The Hall–Kier alpha value is -1.90. The van der Waals surface area contributed by atoms with Gasteiger partial charge in [0.15, 0.2) is 0 Å². The molecule has 1 aliphatic carbocycles. The molecule has 0 amide bonds. The zero-order valence-corrected chi connectivity index (χ0v) is 14.4. The highest BCUT2D eigenvalue weighted by atomic mass is 16.3. The molecular formula is C21H25NO. The second-order valence-corrected chi connectivity index (χ2v) is 7.16. The third-order valence-electron chi connectivity index (χ3n) is 4.33. The van der Waals surface area contributed by atoms with E-state index in [2.05, 4.69) is 55.4 Å². The summed E-state index contributed by atoms with van der Waals surface area (Å²) >= 11 is 0. The van der Waals surface area contributed by atoms with E-state index in [1.54, 1.807) is 0 Å². The van der Waals surface area contributed by atoms with Crippen molar-refractivity contribution in [2.45, 2.75) is 25.9 Å². The third-order valence-corrected chi connectivity index (χ3v) is 4.33. The molecule has 0 unspecified atom stereocenters. The summed E-state index contributed by atoms with van der Waals surface area (Å²) in [5.74, 6) is 0. The van der Waals surface area contributed by atoms with Gasteiger partial charge in [0.1, 0.15) is 0 Å². The molecule has 1 aliphatic rings. The van der Waals surface area contributed by atoms with Crippen LogP contribution in [0, 0.1) is 0 Å². The predicted molar refractivity (Wildman–Crippen MR) is 98.4 cm³/mol. The number of benzene rings is 2. The number of rotatable bonds is 4. The Morgan fingerprint density at radius 2 is 1.83 bits per heavy atom. The molecule has 0 aliphatic heterocycles. The molecule has 0 radical (unpaired) electrons. The van der Waals surface area contributed by atoms with E-state index >= 15 is 0 Å². The summed E-state index contributed by atoms with van der Waals surface area (Å²) in [5, 5.41) is 13.1. The Balaban J connectivity index is 2.12. The first kappa shape index (κ1) is 16.0. The molecule has 3 rings (SSSR count). The molecule has 0 atom stereocenters. The maximum absolute atomic E-state index is 10.8. The van der Waals surface area contributed by atoms with E-state index in [-0.39, 0.29) is 0 Å². The predicted octanol–water partition coefficient (Wildman–Crippen LogP) is 4.34. The lowest BCUT2D eigenvalue weighted by atomic mass is 9.85. The van der Waals surface area contributed by atoms with Gasteiger partial charge < -0.3 is 10.0 Å². The molecule has 0 heterocycles. The van der Waals surface area contributed by atoms with Gasteiger partial charge in [-0.05, 0) is 67.4 Å². The van der Waals surface area contributed by atoms with E-state index in [4.69, 9.17) is 0 Å². The van der Waals surface area contributed by atoms with Crippen LogP contribution in [0.15, 0.2) is 54.1 Å². The van der Waals surface area contributed by atoms with Crippen molar-refractivity contribution in [3.8, 4) is 0 Å². The van der Waals surface area contributed by atoms with Gasteiger partial charge in [-0.2, -0.15) is 0 Å². The SMILES string of the molecule is CN(C)CC1=CCC(c2ccc3ccccc3c2C(C)(C)O)=C1. The van der Waals surface area contributed by atoms with Crippen molar-refractivity contribution < 1.29 is 5.11 Å². The van der Waals surface area contributed by atoms with Gasteiger partial charge in [0.25, 0.3) is 0 Å². The smallest absolute Gasteiger partial charge is 0.0852 e. The first-order chi connectivity index (χ1) is 10.9. The topological polar surface area (TPSA) is 23.5 Å². The first-order valence-corrected chi connectivity index (χ1v) is 8.15. The maximum Gasteiger partial charge on any atom is 0.0852 e. The summed E-state index contributed by atoms with van der Waals surface area (Å²) < 4.78 is 0. The molecular weight excluding hydrogens is 282 g/mol. The van der Waals surface area contributed by atoms with Crippen molar-refractivity contribution in [1.82, 2.24) is 4.90 Å². The van der Waals surface area contributed by atoms with E-state index in [1.165, 1.54) is 22.1 Å². The second kappa shape index (κ2) is 5.95. The van der Waals surface area contributed by atoms with Gasteiger partial charge in [0, 0.05) is 6.54 Å². The van der Waals surface area contributed by atoms with Crippen LogP contribution < -0.4 is 0 Å². The molecule has 2 nitrogen and oxygen atoms in total. The Kier molecular flexibility index (Phi) is 4.13. The van der Waals surface area contributed by atoms with Crippen molar-refractivity contribution in [2.75, 3.05) is 20.6 Å². The van der Waals surface area contributed by atoms with Gasteiger partial charge in [-0.15, -0.1) is 0 Å². The quantitative estimate of drug-likeness (QED) is 0.908. The molecule has 0 spiro atoms. The summed E-state index contributed by atoms with van der Waals surface area (Å²) in [4.78, 5) is 2.18. The van der Waals surface area contributed by atoms with Crippen LogP contribution in [0.5, 0.6) is 0 Å². The van der Waals surface area contributed by atoms with Crippen molar-refractivity contribution in [3.63, 3.8) is 0 Å². The minimum absolute atomic E-state index is 0.874. The standard InChI is InChI=1S/C21H25NO/c1-21(2,23)20-18-8-6-5-7-16(18)11-12-19(20)17-10-9-15(13-17)14-22(3)4/h5-9,11-13,23H,10,14H2,1-4H3. The number of aliphatic hydroxyl groups is 1. The van der Waals surface area contributed by atoms with Gasteiger partial charge in [-0.3, -0.25) is 0 Å². The zero-order chi connectivity index (χ0) is 16.6. The lowest BCUT2D eigenvalue weighted by molar-refractivity contribution is 0.0799. The van der Waals surface area contributed by atoms with Gasteiger partial charge in [-0.25, -0.2) is 0 Å². The highest BCUT2D eigenvalue weighted by Gasteiger charge is 2.25. The Morgan fingerprint density at radius 3 is 2.52 bits per heavy atom. The lowest BCUT2D eigenvalue weighted by Crippen LogP contribution is -2.18. The molecule has 0 saturated carbocycles. The summed E-state index contributed by atoms with van der Waals surface area (Å²) in [6, 6.07) is 12.6. The fourth-order valence-corrected chi connectivity index (χ4v) is 3.44. The molecule has 0 aromatic heterocycles. The van der Waals surface area contributed by atoms with Crippen molar-refractivity contribution in [2.24, 2.45) is 0 Å². The summed E-state index contributed by atoms with van der Waals surface area (Å²) in [6.45, 7) is 4.71. The molecule has 0 fully saturated rings. The highest BCUT2D eigenvalue weighted by molar-refractivity contribution is 5.92. The third kappa shape index (κ3) is 3.24. The molecule has 120 valence electrons. The van der Waals surface area contributed by atoms with E-state index in [0.29, 0.717) is 0 Å². The normalized spacial score (nSPS) is 15.2. The van der Waals surface area contributed by atoms with Crippen LogP contribution in [0.2, 0.25) is 0 Å². The van der Waals surface area contributed by atoms with E-state index in [9.17, 15) is 5.11 Å². The molecule has 0 bridgehead atoms. The van der Waals surface area contributed by atoms with E-state index in [0.717, 1.165) is 23.9 Å². The summed E-state index contributed by atoms with van der Waals surface area (Å²) in [6.07, 6.45) is 5.50. The van der Waals surface area contributed by atoms with Gasteiger partial charge in [0.05, 0.1) is 5.60 Å². The molecule has 2 aromatic carbocycles. The number of hydrogen-bond acceptors (Lipinski definition) is 2. The van der Waals surface area contributed by atoms with E-state index in [1.807, 2.05) is 26.0 Å². The Labute approximate surface area is 138 Å². The Bertz CT molecular complexity index is 791.